The van der Waals surface area contributed by atoms with Gasteiger partial charge in [-0.05, 0) is 24.4 Å². The average molecular weight is 277 g/mol. The molecule has 0 aliphatic rings. The molecule has 1 rings (SSSR count). The highest BCUT2D eigenvalue weighted by Gasteiger charge is 2.23. The summed E-state index contributed by atoms with van der Waals surface area (Å²) in [6.07, 6.45) is 0. The normalized spacial score (nSPS) is 12.3. The molecule has 0 fully saturated rings. The van der Waals surface area contributed by atoms with Crippen LogP contribution in [0.2, 0.25) is 0 Å². The van der Waals surface area contributed by atoms with Gasteiger partial charge in [0.1, 0.15) is 4.90 Å². The van der Waals surface area contributed by atoms with E-state index >= 15 is 0 Å². The quantitative estimate of drug-likeness (QED) is 0.759. The van der Waals surface area contributed by atoms with Crippen molar-refractivity contribution >= 4 is 21.4 Å². The summed E-state index contributed by atoms with van der Waals surface area (Å²) in [5.41, 5.74) is 0.789. The van der Waals surface area contributed by atoms with Crippen LogP contribution >= 0.6 is 11.3 Å². The molecule has 0 spiro atoms. The van der Waals surface area contributed by atoms with Gasteiger partial charge in [0, 0.05) is 25.5 Å². The Labute approximate surface area is 107 Å². The van der Waals surface area contributed by atoms with E-state index in [-0.39, 0.29) is 0 Å². The summed E-state index contributed by atoms with van der Waals surface area (Å²) in [6.45, 7) is 5.21. The van der Waals surface area contributed by atoms with E-state index < -0.39 is 10.0 Å². The van der Waals surface area contributed by atoms with Crippen molar-refractivity contribution in [2.24, 2.45) is 0 Å². The molecule has 0 atom stereocenters. The van der Waals surface area contributed by atoms with E-state index in [1.807, 2.05) is 19.2 Å². The number of hydrogen-bond donors (Lipinski definition) is 2. The lowest BCUT2D eigenvalue weighted by Gasteiger charge is -2.14. The molecule has 0 bridgehead atoms. The van der Waals surface area contributed by atoms with Gasteiger partial charge in [0.25, 0.3) is 10.0 Å². The lowest BCUT2D eigenvalue weighted by molar-refractivity contribution is 0.363. The fraction of sp³-hybridized carbons (Fsp3) is 0.600. The van der Waals surface area contributed by atoms with Gasteiger partial charge in [-0.2, -0.15) is 0 Å². The Hall–Kier alpha value is -0.470. The van der Waals surface area contributed by atoms with Gasteiger partial charge in [-0.15, -0.1) is 16.2 Å². The predicted octanol–water partition coefficient (Wildman–Crippen LogP) is 0.921. The standard InChI is InChI=1S/C10H19N3O2S2/c1-5-11-6-9-10(8(2)7-16-9)17(14,15)12-13(3)4/h7,11-12H,5-6H2,1-4H3. The van der Waals surface area contributed by atoms with Crippen LogP contribution in [0.5, 0.6) is 0 Å². The summed E-state index contributed by atoms with van der Waals surface area (Å²) in [5, 5.41) is 6.45. The largest absolute Gasteiger partial charge is 0.312 e. The number of sulfonamides is 1. The summed E-state index contributed by atoms with van der Waals surface area (Å²) in [6, 6.07) is 0. The Morgan fingerprint density at radius 3 is 2.59 bits per heavy atom. The van der Waals surface area contributed by atoms with E-state index in [4.69, 9.17) is 0 Å². The van der Waals surface area contributed by atoms with Crippen LogP contribution in [0.15, 0.2) is 10.3 Å². The number of hydrogen-bond acceptors (Lipinski definition) is 5. The fourth-order valence-electron chi connectivity index (χ4n) is 1.49. The van der Waals surface area contributed by atoms with Gasteiger partial charge < -0.3 is 5.32 Å². The molecule has 0 saturated heterocycles. The van der Waals surface area contributed by atoms with Gasteiger partial charge in [0.2, 0.25) is 0 Å². The maximum absolute atomic E-state index is 12.1. The molecule has 0 aliphatic heterocycles. The molecule has 5 nitrogen and oxygen atoms in total. The topological polar surface area (TPSA) is 61.4 Å². The van der Waals surface area contributed by atoms with Crippen molar-refractivity contribution < 1.29 is 8.42 Å². The number of thiophene rings is 1. The Balaban J connectivity index is 3.07. The predicted molar refractivity (Wildman–Crippen MR) is 70.4 cm³/mol. The van der Waals surface area contributed by atoms with Crippen LogP contribution < -0.4 is 10.1 Å². The van der Waals surface area contributed by atoms with E-state index in [9.17, 15) is 8.42 Å². The van der Waals surface area contributed by atoms with E-state index in [2.05, 4.69) is 10.1 Å². The molecule has 0 amide bonds. The Bertz CT molecular complexity index is 466. The van der Waals surface area contributed by atoms with Crippen molar-refractivity contribution in [1.29, 1.82) is 0 Å². The minimum Gasteiger partial charge on any atom is -0.312 e. The smallest absolute Gasteiger partial charge is 0.254 e. The second kappa shape index (κ2) is 5.92. The van der Waals surface area contributed by atoms with Crippen LogP contribution in [-0.2, 0) is 16.6 Å². The van der Waals surface area contributed by atoms with Gasteiger partial charge in [0.15, 0.2) is 0 Å². The van der Waals surface area contributed by atoms with Crippen LogP contribution in [-0.4, -0.2) is 34.1 Å². The van der Waals surface area contributed by atoms with Crippen molar-refractivity contribution in [3.63, 3.8) is 0 Å². The van der Waals surface area contributed by atoms with Crippen molar-refractivity contribution in [3.05, 3.63) is 15.8 Å². The zero-order valence-electron chi connectivity index (χ0n) is 10.6. The average Bonchev–Trinajstić information content (AvgIpc) is 2.55. The molecule has 2 N–H and O–H groups in total. The van der Waals surface area contributed by atoms with Crippen molar-refractivity contribution in [2.45, 2.75) is 25.3 Å². The highest BCUT2D eigenvalue weighted by atomic mass is 32.2. The number of hydrazine groups is 1. The van der Waals surface area contributed by atoms with Gasteiger partial charge in [-0.25, -0.2) is 13.4 Å². The Morgan fingerprint density at radius 2 is 2.06 bits per heavy atom. The van der Waals surface area contributed by atoms with E-state index in [1.165, 1.54) is 16.3 Å². The maximum Gasteiger partial charge on any atom is 0.254 e. The first-order valence-corrected chi connectivity index (χ1v) is 7.72. The summed E-state index contributed by atoms with van der Waals surface area (Å²) in [7, 11) is -0.150. The first kappa shape index (κ1) is 14.6. The molecule has 98 valence electrons. The summed E-state index contributed by atoms with van der Waals surface area (Å²) >= 11 is 1.47. The molecule has 0 saturated carbocycles. The molecule has 7 heteroatoms. The lowest BCUT2D eigenvalue weighted by atomic mass is 10.3. The van der Waals surface area contributed by atoms with E-state index in [1.54, 1.807) is 14.1 Å². The number of rotatable bonds is 6. The Morgan fingerprint density at radius 1 is 1.41 bits per heavy atom. The third-order valence-corrected chi connectivity index (χ3v) is 5.04. The molecule has 1 aromatic rings. The highest BCUT2D eigenvalue weighted by Crippen LogP contribution is 2.26. The third kappa shape index (κ3) is 3.75. The molecule has 0 radical (unpaired) electrons. The van der Waals surface area contributed by atoms with Crippen molar-refractivity contribution in [2.75, 3.05) is 20.6 Å². The Kier molecular flexibility index (Phi) is 5.08. The van der Waals surface area contributed by atoms with Crippen molar-refractivity contribution in [1.82, 2.24) is 15.2 Å². The minimum atomic E-state index is -3.46. The molecule has 0 aromatic carbocycles. The van der Waals surface area contributed by atoms with Crippen LogP contribution in [0.25, 0.3) is 0 Å². The van der Waals surface area contributed by atoms with Gasteiger partial charge in [-0.1, -0.05) is 6.92 Å². The van der Waals surface area contributed by atoms with E-state index in [0.29, 0.717) is 11.4 Å². The van der Waals surface area contributed by atoms with E-state index in [0.717, 1.165) is 17.0 Å². The van der Waals surface area contributed by atoms with Crippen LogP contribution in [0, 0.1) is 6.92 Å². The molecule has 17 heavy (non-hydrogen) atoms. The lowest BCUT2D eigenvalue weighted by Crippen LogP contribution is -2.36. The van der Waals surface area contributed by atoms with Crippen LogP contribution in [0.4, 0.5) is 0 Å². The van der Waals surface area contributed by atoms with Crippen LogP contribution in [0.1, 0.15) is 17.4 Å². The van der Waals surface area contributed by atoms with Crippen molar-refractivity contribution in [3.8, 4) is 0 Å². The second-order valence-corrected chi connectivity index (χ2v) is 6.50. The molecular formula is C10H19N3O2S2. The van der Waals surface area contributed by atoms with Gasteiger partial charge in [0.05, 0.1) is 0 Å². The zero-order valence-corrected chi connectivity index (χ0v) is 12.2. The number of nitrogens with one attached hydrogen (secondary N) is 2. The first-order valence-electron chi connectivity index (χ1n) is 5.36. The fourth-order valence-corrected chi connectivity index (χ4v) is 4.36. The monoisotopic (exact) mass is 277 g/mol. The highest BCUT2D eigenvalue weighted by molar-refractivity contribution is 7.89. The number of nitrogens with zero attached hydrogens (tertiary/aromatic N) is 1. The number of aryl methyl sites for hydroxylation is 1. The zero-order chi connectivity index (χ0) is 13.1. The van der Waals surface area contributed by atoms with Gasteiger partial charge >= 0.3 is 0 Å². The van der Waals surface area contributed by atoms with Gasteiger partial charge in [-0.3, -0.25) is 0 Å². The molecule has 1 aromatic heterocycles. The maximum atomic E-state index is 12.1. The molecule has 1 heterocycles. The minimum absolute atomic E-state index is 0.400. The van der Waals surface area contributed by atoms with Crippen LogP contribution in [0.3, 0.4) is 0 Å². The third-order valence-electron chi connectivity index (χ3n) is 2.10. The molecule has 0 unspecified atom stereocenters. The first-order chi connectivity index (χ1) is 7.88. The second-order valence-electron chi connectivity index (χ2n) is 3.94. The SMILES string of the molecule is CCNCc1scc(C)c1S(=O)(=O)NN(C)C. The molecule has 0 aliphatic carbocycles. The summed E-state index contributed by atoms with van der Waals surface area (Å²) in [5.74, 6) is 0. The summed E-state index contributed by atoms with van der Waals surface area (Å²) in [4.78, 5) is 3.71. The summed E-state index contributed by atoms with van der Waals surface area (Å²) < 4.78 is 24.3. The molecular weight excluding hydrogens is 258 g/mol.